The molecule has 0 amide bonds. The summed E-state index contributed by atoms with van der Waals surface area (Å²) in [6.07, 6.45) is 9.94. The van der Waals surface area contributed by atoms with Crippen LogP contribution in [0.1, 0.15) is 42.1 Å². The minimum atomic E-state index is 0.340. The van der Waals surface area contributed by atoms with Crippen molar-refractivity contribution in [3.05, 3.63) is 156 Å². The summed E-state index contributed by atoms with van der Waals surface area (Å²) < 4.78 is 12.4. The fraction of sp³-hybridized carbons (Fsp3) is 0.163. The van der Waals surface area contributed by atoms with Gasteiger partial charge in [0, 0.05) is 58.1 Å². The van der Waals surface area contributed by atoms with Crippen LogP contribution in [0.25, 0.3) is 82.0 Å². The number of aromatic nitrogens is 2. The van der Waals surface area contributed by atoms with Crippen LogP contribution in [0.5, 0.6) is 0 Å². The second-order valence-electron chi connectivity index (χ2n) is 15.8. The summed E-state index contributed by atoms with van der Waals surface area (Å²) in [5.74, 6) is 0.378. The van der Waals surface area contributed by atoms with E-state index in [9.17, 15) is 0 Å². The number of hydrogen-bond donors (Lipinski definition) is 0. The molecule has 5 aromatic heterocycles. The van der Waals surface area contributed by atoms with Crippen LogP contribution in [0.2, 0.25) is 0 Å². The number of nitrogens with zero attached hydrogens (tertiary/aromatic N) is 3. The van der Waals surface area contributed by atoms with Crippen molar-refractivity contribution in [2.75, 3.05) is 14.1 Å². The van der Waals surface area contributed by atoms with Gasteiger partial charge in [-0.15, -0.1) is 0 Å². The summed E-state index contributed by atoms with van der Waals surface area (Å²) in [4.78, 5) is 0. The van der Waals surface area contributed by atoms with Gasteiger partial charge in [0.15, 0.2) is 0 Å². The number of quaternary nitrogens is 1. The molecule has 1 aliphatic heterocycles. The number of rotatable bonds is 3. The summed E-state index contributed by atoms with van der Waals surface area (Å²) in [6.45, 7) is 6.74. The molecule has 11 rings (SSSR count). The maximum atomic E-state index is 6.57. The van der Waals surface area contributed by atoms with Gasteiger partial charge >= 0.3 is 0 Å². The quantitative estimate of drug-likeness (QED) is 0.103. The lowest BCUT2D eigenvalue weighted by Crippen LogP contribution is -2.53. The first-order chi connectivity index (χ1) is 25.8. The molecule has 0 saturated carbocycles. The van der Waals surface area contributed by atoms with Gasteiger partial charge < -0.3 is 8.82 Å². The van der Waals surface area contributed by atoms with Gasteiger partial charge in [-0.2, -0.15) is 4.40 Å². The van der Waals surface area contributed by atoms with Crippen molar-refractivity contribution < 1.29 is 13.3 Å². The number of fused-ring (bicyclic) bond motifs is 14. The van der Waals surface area contributed by atoms with E-state index in [-0.39, 0.29) is 0 Å². The molecule has 0 saturated heterocycles. The lowest BCUT2D eigenvalue weighted by molar-refractivity contribution is -0.849. The highest BCUT2D eigenvalue weighted by Gasteiger charge is 2.44. The Morgan fingerprint density at radius 3 is 2.42 bits per heavy atom. The summed E-state index contributed by atoms with van der Waals surface area (Å²) in [5.41, 5.74) is 13.6. The van der Waals surface area contributed by atoms with Crippen LogP contribution in [-0.4, -0.2) is 29.0 Å². The van der Waals surface area contributed by atoms with Crippen LogP contribution in [0.3, 0.4) is 0 Å². The molecule has 2 atom stereocenters. The molecule has 5 aromatic carbocycles. The van der Waals surface area contributed by atoms with E-state index in [0.717, 1.165) is 22.1 Å². The summed E-state index contributed by atoms with van der Waals surface area (Å²) >= 11 is 0. The van der Waals surface area contributed by atoms with E-state index in [2.05, 4.69) is 177 Å². The zero-order valence-electron chi connectivity index (χ0n) is 30.8. The van der Waals surface area contributed by atoms with Gasteiger partial charge in [0.1, 0.15) is 22.9 Å². The molecule has 0 radical (unpaired) electrons. The SMILES string of the molecule is C/C=C\C=C1\c2ccccc2C(C)C(Cc2cc3cc4c(cc3c3ccc(C)cn23)c2cc3oc5ccccc5c3c3c5ccccc5[n+]4c23)[N+]1(C)C. The van der Waals surface area contributed by atoms with E-state index in [0.29, 0.717) is 12.0 Å². The lowest BCUT2D eigenvalue weighted by atomic mass is 9.79. The van der Waals surface area contributed by atoms with E-state index < -0.39 is 0 Å². The Balaban J connectivity index is 1.20. The van der Waals surface area contributed by atoms with E-state index in [1.165, 1.54) is 93.2 Å². The van der Waals surface area contributed by atoms with Crippen molar-refractivity contribution in [1.29, 1.82) is 0 Å². The monoisotopic (exact) mass is 687 g/mol. The fourth-order valence-corrected chi connectivity index (χ4v) is 10.1. The Morgan fingerprint density at radius 1 is 0.755 bits per heavy atom. The van der Waals surface area contributed by atoms with Crippen molar-refractivity contribution in [3.63, 3.8) is 0 Å². The Morgan fingerprint density at radius 2 is 1.55 bits per heavy atom. The third-order valence-corrected chi connectivity index (χ3v) is 12.6. The number of furan rings is 1. The van der Waals surface area contributed by atoms with E-state index >= 15 is 0 Å². The molecule has 2 unspecified atom stereocenters. The molecule has 10 aromatic rings. The lowest BCUT2D eigenvalue weighted by Gasteiger charge is -2.47. The van der Waals surface area contributed by atoms with Gasteiger partial charge in [-0.1, -0.05) is 73.7 Å². The van der Waals surface area contributed by atoms with Gasteiger partial charge in [0.25, 0.3) is 0 Å². The first-order valence-electron chi connectivity index (χ1n) is 18.9. The maximum Gasteiger partial charge on any atom is 0.228 e. The zero-order valence-corrected chi connectivity index (χ0v) is 30.8. The third-order valence-electron chi connectivity index (χ3n) is 12.6. The van der Waals surface area contributed by atoms with E-state index in [1.54, 1.807) is 0 Å². The number of allylic oxidation sites excluding steroid dienone is 3. The van der Waals surface area contributed by atoms with Gasteiger partial charge in [0.2, 0.25) is 16.6 Å². The summed E-state index contributed by atoms with van der Waals surface area (Å²) in [7, 11) is 4.80. The molecule has 0 fully saturated rings. The average Bonchev–Trinajstić information content (AvgIpc) is 3.81. The number of pyridine rings is 2. The van der Waals surface area contributed by atoms with Crippen LogP contribution in [0.4, 0.5) is 0 Å². The highest BCUT2D eigenvalue weighted by atomic mass is 16.3. The minimum absolute atomic E-state index is 0.340. The standard InChI is InChI=1S/C49H41N3O/c1-6-7-19-43-34-15-9-8-14-33(34)30(3)44(52(43,4)5)25-32-23-31-24-42-38(26-37(31)40-22-21-29(2)28-50(32)40)39-27-46-47(36-17-11-13-20-45(36)53-46)48-35-16-10-12-18-41(35)51(42)49(39)48/h6-24,26-28,30,44H,25H2,1-5H3/q+2/b7-6-,43-19-. The smallest absolute Gasteiger partial charge is 0.228 e. The molecule has 0 bridgehead atoms. The predicted octanol–water partition coefficient (Wildman–Crippen LogP) is 11.7. The van der Waals surface area contributed by atoms with Crippen LogP contribution in [-0.2, 0) is 6.42 Å². The summed E-state index contributed by atoms with van der Waals surface area (Å²) in [5, 5.41) is 9.96. The number of aryl methyl sites for hydroxylation is 1. The maximum absolute atomic E-state index is 6.57. The van der Waals surface area contributed by atoms with Crippen molar-refractivity contribution in [2.45, 2.75) is 39.2 Å². The average molecular weight is 688 g/mol. The van der Waals surface area contributed by atoms with Gasteiger partial charge in [-0.3, -0.25) is 4.48 Å². The molecular weight excluding hydrogens is 647 g/mol. The van der Waals surface area contributed by atoms with Crippen molar-refractivity contribution in [3.8, 4) is 0 Å². The number of benzene rings is 5. The molecule has 0 aliphatic carbocycles. The normalized spacial score (nSPS) is 18.5. The van der Waals surface area contributed by atoms with Gasteiger partial charge in [0.05, 0.1) is 41.2 Å². The number of hydrogen-bond acceptors (Lipinski definition) is 1. The first kappa shape index (κ1) is 30.6. The molecule has 6 heterocycles. The largest absolute Gasteiger partial charge is 0.456 e. The minimum Gasteiger partial charge on any atom is -0.456 e. The van der Waals surface area contributed by atoms with Crippen LogP contribution in [0.15, 0.2) is 138 Å². The van der Waals surface area contributed by atoms with Gasteiger partial charge in [-0.25, -0.2) is 0 Å². The molecular formula is C49H41N3O+2. The predicted molar refractivity (Wildman–Crippen MR) is 221 cm³/mol. The second-order valence-corrected chi connectivity index (χ2v) is 15.8. The van der Waals surface area contributed by atoms with Crippen LogP contribution < -0.4 is 4.40 Å². The highest BCUT2D eigenvalue weighted by molar-refractivity contribution is 6.32. The van der Waals surface area contributed by atoms with Crippen LogP contribution >= 0.6 is 0 Å². The summed E-state index contributed by atoms with van der Waals surface area (Å²) in [6, 6.07) is 41.0. The van der Waals surface area contributed by atoms with Crippen LogP contribution in [0, 0.1) is 6.92 Å². The molecule has 0 N–H and O–H groups in total. The van der Waals surface area contributed by atoms with Crippen molar-refractivity contribution >= 4 is 82.0 Å². The number of likely N-dealkylation sites (N-methyl/N-ethyl adjacent to an activating group) is 1. The molecule has 53 heavy (non-hydrogen) atoms. The second kappa shape index (κ2) is 10.8. The fourth-order valence-electron chi connectivity index (χ4n) is 10.1. The van der Waals surface area contributed by atoms with Gasteiger partial charge in [-0.05, 0) is 78.9 Å². The molecule has 1 aliphatic rings. The Labute approximate surface area is 308 Å². The highest BCUT2D eigenvalue weighted by Crippen LogP contribution is 2.46. The Hall–Kier alpha value is -5.97. The number of para-hydroxylation sites is 2. The zero-order chi connectivity index (χ0) is 35.7. The van der Waals surface area contributed by atoms with E-state index in [4.69, 9.17) is 4.42 Å². The van der Waals surface area contributed by atoms with Crippen molar-refractivity contribution in [2.24, 2.45) is 0 Å². The third kappa shape index (κ3) is 4.07. The Kier molecular flexibility index (Phi) is 6.23. The first-order valence-corrected chi connectivity index (χ1v) is 18.9. The van der Waals surface area contributed by atoms with Crippen molar-refractivity contribution in [1.82, 2.24) is 4.40 Å². The van der Waals surface area contributed by atoms with E-state index in [1.807, 2.05) is 0 Å². The Bertz CT molecular complexity index is 3230. The molecule has 256 valence electrons. The molecule has 0 spiro atoms. The molecule has 4 heteroatoms. The topological polar surface area (TPSA) is 21.6 Å². The molecule has 4 nitrogen and oxygen atoms in total.